The Morgan fingerprint density at radius 1 is 1.53 bits per heavy atom. The fourth-order valence-electron chi connectivity index (χ4n) is 2.24. The first-order valence-corrected chi connectivity index (χ1v) is 6.71. The molecule has 1 N–H and O–H groups in total. The summed E-state index contributed by atoms with van der Waals surface area (Å²) in [5, 5.41) is 7.90. The number of nitrogens with one attached hydrogen (secondary N) is 1. The Kier molecular flexibility index (Phi) is 4.57. The van der Waals surface area contributed by atoms with E-state index in [-0.39, 0.29) is 0 Å². The quantitative estimate of drug-likeness (QED) is 0.847. The minimum Gasteiger partial charge on any atom is -0.371 e. The van der Waals surface area contributed by atoms with Gasteiger partial charge in [0.15, 0.2) is 0 Å². The molecule has 4 heteroatoms. The number of nitrogens with zero attached hydrogens (tertiary/aromatic N) is 2. The van der Waals surface area contributed by atoms with Crippen molar-refractivity contribution in [3.63, 3.8) is 0 Å². The van der Waals surface area contributed by atoms with Gasteiger partial charge in [-0.15, -0.1) is 0 Å². The van der Waals surface area contributed by atoms with Gasteiger partial charge in [-0.25, -0.2) is 0 Å². The van der Waals surface area contributed by atoms with E-state index >= 15 is 0 Å². The normalized spacial score (nSPS) is 20.7. The molecule has 17 heavy (non-hydrogen) atoms. The van der Waals surface area contributed by atoms with E-state index in [0.29, 0.717) is 12.7 Å². The van der Waals surface area contributed by atoms with Crippen molar-refractivity contribution in [2.45, 2.75) is 52.4 Å². The van der Waals surface area contributed by atoms with Crippen LogP contribution in [0, 0.1) is 0 Å². The van der Waals surface area contributed by atoms with Gasteiger partial charge in [-0.1, -0.05) is 6.92 Å². The monoisotopic (exact) mass is 237 g/mol. The van der Waals surface area contributed by atoms with Crippen molar-refractivity contribution in [3.8, 4) is 0 Å². The third-order valence-corrected chi connectivity index (χ3v) is 3.29. The molecule has 0 bridgehead atoms. The number of piperidine rings is 1. The molecule has 2 rings (SSSR count). The zero-order chi connectivity index (χ0) is 12.1. The molecule has 1 atom stereocenters. The predicted molar refractivity (Wildman–Crippen MR) is 68.0 cm³/mol. The number of hydrogen-bond acceptors (Lipinski definition) is 3. The van der Waals surface area contributed by atoms with E-state index in [1.54, 1.807) is 0 Å². The van der Waals surface area contributed by atoms with Gasteiger partial charge in [0, 0.05) is 13.1 Å². The molecule has 4 nitrogen and oxygen atoms in total. The highest BCUT2D eigenvalue weighted by molar-refractivity contribution is 5.09. The second-order valence-electron chi connectivity index (χ2n) is 4.58. The largest absolute Gasteiger partial charge is 0.371 e. The van der Waals surface area contributed by atoms with Gasteiger partial charge in [0.2, 0.25) is 0 Å². The van der Waals surface area contributed by atoms with Crippen molar-refractivity contribution < 1.29 is 4.74 Å². The van der Waals surface area contributed by atoms with Crippen LogP contribution in [0.25, 0.3) is 0 Å². The molecular weight excluding hydrogens is 214 g/mol. The van der Waals surface area contributed by atoms with Gasteiger partial charge in [-0.3, -0.25) is 4.68 Å². The highest BCUT2D eigenvalue weighted by Gasteiger charge is 2.14. The molecule has 0 saturated carbocycles. The van der Waals surface area contributed by atoms with Gasteiger partial charge in [0.1, 0.15) is 0 Å². The molecule has 1 aliphatic rings. The number of aryl methyl sites for hydroxylation is 2. The second-order valence-corrected chi connectivity index (χ2v) is 4.58. The minimum atomic E-state index is 0.369. The van der Waals surface area contributed by atoms with E-state index in [1.807, 2.05) is 0 Å². The van der Waals surface area contributed by atoms with Crippen molar-refractivity contribution in [3.05, 3.63) is 17.5 Å². The first-order chi connectivity index (χ1) is 8.33. The third-order valence-electron chi connectivity index (χ3n) is 3.29. The molecule has 0 amide bonds. The molecule has 1 aromatic rings. The van der Waals surface area contributed by atoms with Crippen molar-refractivity contribution in [2.24, 2.45) is 0 Å². The van der Waals surface area contributed by atoms with Crippen molar-refractivity contribution in [1.82, 2.24) is 15.1 Å². The van der Waals surface area contributed by atoms with Gasteiger partial charge < -0.3 is 10.1 Å². The Morgan fingerprint density at radius 3 is 3.06 bits per heavy atom. The maximum Gasteiger partial charge on any atom is 0.0889 e. The fraction of sp³-hybridized carbons (Fsp3) is 0.769. The van der Waals surface area contributed by atoms with Crippen LogP contribution in [0.2, 0.25) is 0 Å². The lowest BCUT2D eigenvalue weighted by molar-refractivity contribution is 0.0218. The van der Waals surface area contributed by atoms with Crippen molar-refractivity contribution in [1.29, 1.82) is 0 Å². The van der Waals surface area contributed by atoms with E-state index in [4.69, 9.17) is 4.74 Å². The first kappa shape index (κ1) is 12.6. The number of ether oxygens (including phenoxy) is 1. The van der Waals surface area contributed by atoms with Crippen LogP contribution in [-0.4, -0.2) is 29.0 Å². The number of aromatic nitrogens is 2. The maximum absolute atomic E-state index is 5.95. The Labute approximate surface area is 103 Å². The van der Waals surface area contributed by atoms with E-state index in [2.05, 4.69) is 35.0 Å². The number of rotatable bonds is 5. The van der Waals surface area contributed by atoms with Crippen LogP contribution in [0.4, 0.5) is 0 Å². The van der Waals surface area contributed by atoms with Crippen LogP contribution in [0.3, 0.4) is 0 Å². The lowest BCUT2D eigenvalue weighted by Gasteiger charge is -2.23. The molecule has 0 aliphatic carbocycles. The Bertz CT molecular complexity index is 342. The molecule has 1 saturated heterocycles. The Balaban J connectivity index is 1.90. The zero-order valence-corrected chi connectivity index (χ0v) is 10.9. The molecule has 2 heterocycles. The summed E-state index contributed by atoms with van der Waals surface area (Å²) in [6.07, 6.45) is 3.76. The maximum atomic E-state index is 5.95. The molecule has 0 unspecified atom stereocenters. The Hall–Kier alpha value is -0.870. The highest BCUT2D eigenvalue weighted by atomic mass is 16.5. The molecule has 1 fully saturated rings. The van der Waals surface area contributed by atoms with Crippen LogP contribution in [-0.2, 0) is 24.3 Å². The van der Waals surface area contributed by atoms with E-state index < -0.39 is 0 Å². The average Bonchev–Trinajstić information content (AvgIpc) is 2.80. The summed E-state index contributed by atoms with van der Waals surface area (Å²) < 4.78 is 8.00. The van der Waals surface area contributed by atoms with Crippen LogP contribution in [0.15, 0.2) is 6.07 Å². The van der Waals surface area contributed by atoms with E-state index in [0.717, 1.165) is 31.7 Å². The average molecular weight is 237 g/mol. The minimum absolute atomic E-state index is 0.369. The molecule has 1 aliphatic heterocycles. The highest BCUT2D eigenvalue weighted by Crippen LogP contribution is 2.12. The molecule has 0 spiro atoms. The van der Waals surface area contributed by atoms with Gasteiger partial charge in [0.25, 0.3) is 0 Å². The fourth-order valence-corrected chi connectivity index (χ4v) is 2.24. The van der Waals surface area contributed by atoms with Crippen LogP contribution >= 0.6 is 0 Å². The van der Waals surface area contributed by atoms with E-state index in [9.17, 15) is 0 Å². The Morgan fingerprint density at radius 2 is 2.41 bits per heavy atom. The van der Waals surface area contributed by atoms with Crippen molar-refractivity contribution >= 4 is 0 Å². The summed E-state index contributed by atoms with van der Waals surface area (Å²) in [4.78, 5) is 0. The SMILES string of the molecule is CCc1cc(CO[C@H]2CCCNC2)n(CC)n1. The zero-order valence-electron chi connectivity index (χ0n) is 10.9. The summed E-state index contributed by atoms with van der Waals surface area (Å²) in [5.74, 6) is 0. The van der Waals surface area contributed by atoms with Gasteiger partial charge in [-0.2, -0.15) is 5.10 Å². The van der Waals surface area contributed by atoms with Crippen LogP contribution in [0.5, 0.6) is 0 Å². The van der Waals surface area contributed by atoms with Gasteiger partial charge >= 0.3 is 0 Å². The lowest BCUT2D eigenvalue weighted by atomic mass is 10.1. The summed E-state index contributed by atoms with van der Waals surface area (Å²) in [7, 11) is 0. The molecular formula is C13H23N3O. The standard InChI is InChI=1S/C13H23N3O/c1-3-11-8-12(16(4-2)15-11)10-17-13-6-5-7-14-9-13/h8,13-14H,3-7,9-10H2,1-2H3/t13-/m0/s1. The second kappa shape index (κ2) is 6.17. The predicted octanol–water partition coefficient (Wildman–Crippen LogP) is 1.73. The summed E-state index contributed by atoms with van der Waals surface area (Å²) >= 11 is 0. The topological polar surface area (TPSA) is 39.1 Å². The summed E-state index contributed by atoms with van der Waals surface area (Å²) in [6, 6.07) is 2.17. The number of hydrogen-bond donors (Lipinski definition) is 1. The van der Waals surface area contributed by atoms with Crippen molar-refractivity contribution in [2.75, 3.05) is 13.1 Å². The third kappa shape index (κ3) is 3.30. The smallest absolute Gasteiger partial charge is 0.0889 e. The van der Waals surface area contributed by atoms with Gasteiger partial charge in [0.05, 0.1) is 24.1 Å². The first-order valence-electron chi connectivity index (χ1n) is 6.71. The molecule has 1 aromatic heterocycles. The molecule has 0 radical (unpaired) electrons. The molecule has 96 valence electrons. The lowest BCUT2D eigenvalue weighted by Crippen LogP contribution is -2.35. The molecule has 0 aromatic carbocycles. The van der Waals surface area contributed by atoms with Crippen LogP contribution < -0.4 is 5.32 Å². The summed E-state index contributed by atoms with van der Waals surface area (Å²) in [6.45, 7) is 7.98. The summed E-state index contributed by atoms with van der Waals surface area (Å²) in [5.41, 5.74) is 2.36. The van der Waals surface area contributed by atoms with Gasteiger partial charge in [-0.05, 0) is 38.8 Å². The van der Waals surface area contributed by atoms with Crippen LogP contribution in [0.1, 0.15) is 38.1 Å². The van der Waals surface area contributed by atoms with E-state index in [1.165, 1.54) is 18.5 Å².